The van der Waals surface area contributed by atoms with Gasteiger partial charge in [0.25, 0.3) is 0 Å². The van der Waals surface area contributed by atoms with Crippen molar-refractivity contribution >= 4 is 11.3 Å². The average molecular weight is 419 g/mol. The van der Waals surface area contributed by atoms with E-state index in [1.807, 2.05) is 29.6 Å². The third-order valence-electron chi connectivity index (χ3n) is 4.19. The minimum absolute atomic E-state index is 0.125. The van der Waals surface area contributed by atoms with Gasteiger partial charge in [-0.1, -0.05) is 23.4 Å². The largest absolute Gasteiger partial charge is 0.468 e. The number of hydrogen-bond acceptors (Lipinski definition) is 6. The fourth-order valence-electron chi connectivity index (χ4n) is 2.88. The molecule has 9 heteroatoms. The summed E-state index contributed by atoms with van der Waals surface area (Å²) in [6.45, 7) is 1.52. The summed E-state index contributed by atoms with van der Waals surface area (Å²) in [5, 5.41) is 5.85. The second kappa shape index (κ2) is 8.22. The highest BCUT2D eigenvalue weighted by Gasteiger charge is 2.30. The Morgan fingerprint density at radius 2 is 1.90 bits per heavy atom. The van der Waals surface area contributed by atoms with Gasteiger partial charge in [-0.2, -0.15) is 18.2 Å². The highest BCUT2D eigenvalue weighted by molar-refractivity contribution is 7.09. The van der Waals surface area contributed by atoms with Gasteiger partial charge in [0.1, 0.15) is 5.76 Å². The van der Waals surface area contributed by atoms with Crippen molar-refractivity contribution in [1.29, 1.82) is 0 Å². The Hall–Kier alpha value is -2.91. The summed E-state index contributed by atoms with van der Waals surface area (Å²) >= 11 is 1.63. The number of benzene rings is 1. The molecule has 0 amide bonds. The molecule has 4 rings (SSSR count). The molecule has 3 heterocycles. The molecule has 0 spiro atoms. The molecule has 29 heavy (non-hydrogen) atoms. The van der Waals surface area contributed by atoms with Crippen LogP contribution in [-0.2, 0) is 25.8 Å². The molecule has 150 valence electrons. The van der Waals surface area contributed by atoms with Gasteiger partial charge < -0.3 is 8.94 Å². The van der Waals surface area contributed by atoms with Crippen molar-refractivity contribution in [2.45, 2.75) is 25.8 Å². The van der Waals surface area contributed by atoms with E-state index in [9.17, 15) is 13.2 Å². The second-order valence-electron chi connectivity index (χ2n) is 6.39. The summed E-state index contributed by atoms with van der Waals surface area (Å²) in [5.41, 5.74) is -0.496. The van der Waals surface area contributed by atoms with Crippen LogP contribution in [0.25, 0.3) is 11.4 Å². The zero-order chi connectivity index (χ0) is 20.3. The zero-order valence-corrected chi connectivity index (χ0v) is 15.9. The second-order valence-corrected chi connectivity index (χ2v) is 7.43. The van der Waals surface area contributed by atoms with E-state index in [0.717, 1.165) is 22.8 Å². The summed E-state index contributed by atoms with van der Waals surface area (Å²) in [6.07, 6.45) is -2.82. The van der Waals surface area contributed by atoms with E-state index in [1.54, 1.807) is 17.6 Å². The molecule has 0 saturated heterocycles. The van der Waals surface area contributed by atoms with E-state index in [0.29, 0.717) is 25.5 Å². The van der Waals surface area contributed by atoms with Crippen LogP contribution in [0.1, 0.15) is 22.1 Å². The maximum atomic E-state index is 12.9. The van der Waals surface area contributed by atoms with Gasteiger partial charge in [-0.25, -0.2) is 0 Å². The van der Waals surface area contributed by atoms with Crippen molar-refractivity contribution in [3.63, 3.8) is 0 Å². The van der Waals surface area contributed by atoms with Gasteiger partial charge >= 0.3 is 6.18 Å². The van der Waals surface area contributed by atoms with Gasteiger partial charge in [0.2, 0.25) is 11.7 Å². The lowest BCUT2D eigenvalue weighted by Crippen LogP contribution is -2.21. The van der Waals surface area contributed by atoms with Gasteiger partial charge in [0.15, 0.2) is 0 Å². The lowest BCUT2D eigenvalue weighted by molar-refractivity contribution is -0.137. The number of thiophene rings is 1. The molecule has 0 bridgehead atoms. The normalized spacial score (nSPS) is 12.0. The molecule has 0 N–H and O–H groups in total. The first-order valence-corrected chi connectivity index (χ1v) is 9.63. The summed E-state index contributed by atoms with van der Waals surface area (Å²) in [6, 6.07) is 12.6. The summed E-state index contributed by atoms with van der Waals surface area (Å²) in [4.78, 5) is 7.51. The smallest absolute Gasteiger partial charge is 0.416 e. The first-order chi connectivity index (χ1) is 14.0. The molecular weight excluding hydrogens is 403 g/mol. The van der Waals surface area contributed by atoms with Crippen LogP contribution < -0.4 is 0 Å². The van der Waals surface area contributed by atoms with Crippen LogP contribution in [0.2, 0.25) is 0 Å². The lowest BCUT2D eigenvalue weighted by Gasteiger charge is -2.18. The topological polar surface area (TPSA) is 55.3 Å². The van der Waals surface area contributed by atoms with Gasteiger partial charge in [-0.05, 0) is 35.7 Å². The first-order valence-electron chi connectivity index (χ1n) is 8.75. The van der Waals surface area contributed by atoms with Crippen molar-refractivity contribution in [3.8, 4) is 11.4 Å². The van der Waals surface area contributed by atoms with E-state index in [4.69, 9.17) is 8.94 Å². The minimum Gasteiger partial charge on any atom is -0.468 e. The quantitative estimate of drug-likeness (QED) is 0.390. The molecule has 1 aromatic carbocycles. The number of hydrogen-bond donors (Lipinski definition) is 0. The molecule has 0 aliphatic rings. The molecule has 0 radical (unpaired) electrons. The number of halogens is 3. The molecule has 0 unspecified atom stereocenters. The summed E-state index contributed by atoms with van der Waals surface area (Å²) in [7, 11) is 0. The van der Waals surface area contributed by atoms with E-state index in [-0.39, 0.29) is 11.4 Å². The fourth-order valence-corrected chi connectivity index (χ4v) is 3.62. The predicted octanol–water partition coefficient (Wildman–Crippen LogP) is 5.61. The summed E-state index contributed by atoms with van der Waals surface area (Å²) < 4.78 is 49.6. The maximum Gasteiger partial charge on any atom is 0.416 e. The predicted molar refractivity (Wildman–Crippen MR) is 101 cm³/mol. The van der Waals surface area contributed by atoms with Gasteiger partial charge in [-0.3, -0.25) is 4.90 Å². The molecule has 0 saturated carbocycles. The molecule has 0 atom stereocenters. The van der Waals surface area contributed by atoms with Crippen LogP contribution in [0, 0.1) is 0 Å². The highest BCUT2D eigenvalue weighted by atomic mass is 32.1. The molecule has 4 aromatic rings. The Morgan fingerprint density at radius 3 is 2.62 bits per heavy atom. The van der Waals surface area contributed by atoms with Crippen molar-refractivity contribution in [2.24, 2.45) is 0 Å². The van der Waals surface area contributed by atoms with Crippen LogP contribution >= 0.6 is 11.3 Å². The zero-order valence-electron chi connectivity index (χ0n) is 15.1. The van der Waals surface area contributed by atoms with Crippen molar-refractivity contribution in [2.75, 3.05) is 0 Å². The molecule has 0 aliphatic carbocycles. The van der Waals surface area contributed by atoms with Crippen LogP contribution in [0.15, 0.2) is 69.1 Å². The fraction of sp³-hybridized carbons (Fsp3) is 0.200. The van der Waals surface area contributed by atoms with Crippen LogP contribution in [0.3, 0.4) is 0 Å². The number of nitrogens with zero attached hydrogens (tertiary/aromatic N) is 3. The Balaban J connectivity index is 1.52. The monoisotopic (exact) mass is 419 g/mol. The number of furan rings is 1. The summed E-state index contributed by atoms with van der Waals surface area (Å²) in [5.74, 6) is 1.24. The van der Waals surface area contributed by atoms with Crippen LogP contribution in [0.5, 0.6) is 0 Å². The van der Waals surface area contributed by atoms with Crippen molar-refractivity contribution in [1.82, 2.24) is 15.0 Å². The average Bonchev–Trinajstić information content (AvgIpc) is 3.44. The maximum absolute atomic E-state index is 12.9. The molecule has 0 fully saturated rings. The van der Waals surface area contributed by atoms with Crippen molar-refractivity contribution in [3.05, 3.63) is 82.3 Å². The van der Waals surface area contributed by atoms with Gasteiger partial charge in [0, 0.05) is 17.0 Å². The van der Waals surface area contributed by atoms with Crippen LogP contribution in [-0.4, -0.2) is 15.0 Å². The van der Waals surface area contributed by atoms with Gasteiger partial charge in [-0.15, -0.1) is 11.3 Å². The SMILES string of the molecule is FC(F)(F)c1cccc(-c2noc(CN(Cc3ccco3)Cc3cccs3)n2)c1. The molecule has 5 nitrogen and oxygen atoms in total. The lowest BCUT2D eigenvalue weighted by atomic mass is 10.1. The molecule has 3 aromatic heterocycles. The Bertz CT molecular complexity index is 1010. The van der Waals surface area contributed by atoms with E-state index in [2.05, 4.69) is 15.0 Å². The van der Waals surface area contributed by atoms with E-state index >= 15 is 0 Å². The van der Waals surface area contributed by atoms with E-state index in [1.165, 1.54) is 12.1 Å². The third-order valence-corrected chi connectivity index (χ3v) is 5.06. The first kappa shape index (κ1) is 19.4. The minimum atomic E-state index is -4.43. The molecular formula is C20H16F3N3O2S. The number of aromatic nitrogens is 2. The Labute approximate surface area is 168 Å². The highest BCUT2D eigenvalue weighted by Crippen LogP contribution is 2.31. The van der Waals surface area contributed by atoms with Crippen molar-refractivity contribution < 1.29 is 22.1 Å². The Kier molecular flexibility index (Phi) is 5.50. The Morgan fingerprint density at radius 1 is 1.00 bits per heavy atom. The molecule has 0 aliphatic heterocycles. The van der Waals surface area contributed by atoms with E-state index < -0.39 is 11.7 Å². The number of rotatable bonds is 7. The number of alkyl halides is 3. The standard InChI is InChI=1S/C20H16F3N3O2S/c21-20(22,23)15-5-1-4-14(10-15)19-24-18(28-25-19)13-26(11-16-6-2-8-27-16)12-17-7-3-9-29-17/h1-10H,11-13H2. The van der Waals surface area contributed by atoms with Gasteiger partial charge in [0.05, 0.1) is 24.9 Å². The third kappa shape index (κ3) is 4.93. The van der Waals surface area contributed by atoms with Crippen LogP contribution in [0.4, 0.5) is 13.2 Å².